The molecule has 1 amide bonds. The topological polar surface area (TPSA) is 81.7 Å². The highest BCUT2D eigenvalue weighted by Gasteiger charge is 2.21. The van der Waals surface area contributed by atoms with Gasteiger partial charge < -0.3 is 14.8 Å². The molecule has 2 aromatic rings. The molecule has 0 spiro atoms. The van der Waals surface area contributed by atoms with Crippen LogP contribution in [0.15, 0.2) is 54.6 Å². The minimum Gasteiger partial charge on any atom is -0.459 e. The van der Waals surface area contributed by atoms with Crippen molar-refractivity contribution in [1.29, 1.82) is 0 Å². The van der Waals surface area contributed by atoms with Gasteiger partial charge in [0, 0.05) is 5.69 Å². The van der Waals surface area contributed by atoms with Gasteiger partial charge in [0.25, 0.3) is 5.91 Å². The van der Waals surface area contributed by atoms with Crippen LogP contribution in [0.4, 0.5) is 5.69 Å². The number of benzene rings is 2. The molecular formula is C22H25NO5. The minimum atomic E-state index is -0.450. The maximum absolute atomic E-state index is 12.3. The van der Waals surface area contributed by atoms with E-state index in [-0.39, 0.29) is 12.7 Å². The lowest BCUT2D eigenvalue weighted by molar-refractivity contribution is -0.149. The lowest BCUT2D eigenvalue weighted by Crippen LogP contribution is -2.24. The van der Waals surface area contributed by atoms with Gasteiger partial charge in [0.1, 0.15) is 0 Å². The Morgan fingerprint density at radius 1 is 0.964 bits per heavy atom. The van der Waals surface area contributed by atoms with E-state index >= 15 is 0 Å². The molecule has 1 atom stereocenters. The van der Waals surface area contributed by atoms with Crippen LogP contribution >= 0.6 is 0 Å². The lowest BCUT2D eigenvalue weighted by Gasteiger charge is -2.14. The van der Waals surface area contributed by atoms with E-state index in [1.807, 2.05) is 37.3 Å². The Bertz CT molecular complexity index is 799. The number of hydrogen-bond acceptors (Lipinski definition) is 5. The monoisotopic (exact) mass is 383 g/mol. The van der Waals surface area contributed by atoms with Gasteiger partial charge in [0.15, 0.2) is 6.61 Å². The van der Waals surface area contributed by atoms with Crippen molar-refractivity contribution < 1.29 is 23.9 Å². The minimum absolute atomic E-state index is 0.204. The molecule has 0 bridgehead atoms. The van der Waals surface area contributed by atoms with Crippen LogP contribution in [0.2, 0.25) is 0 Å². The summed E-state index contributed by atoms with van der Waals surface area (Å²) in [5.74, 6) is -1.71. The first-order valence-corrected chi connectivity index (χ1v) is 9.23. The molecule has 0 fully saturated rings. The standard InChI is InChI=1S/C22H25NO5/c1-4-19(16-8-6-5-7-9-16)22(26)27-14-20(24)23-18-12-10-17(11-13-18)21(25)28-15(2)3/h5-13,15,19H,4,14H2,1-3H3,(H,23,24)/t19-/m1/s1. The number of rotatable bonds is 8. The normalized spacial score (nSPS) is 11.6. The van der Waals surface area contributed by atoms with Gasteiger partial charge in [-0.15, -0.1) is 0 Å². The van der Waals surface area contributed by atoms with Crippen molar-refractivity contribution in [3.63, 3.8) is 0 Å². The first kappa shape index (κ1) is 21.2. The second-order valence-electron chi connectivity index (χ2n) is 6.56. The van der Waals surface area contributed by atoms with Gasteiger partial charge in [-0.25, -0.2) is 4.79 Å². The van der Waals surface area contributed by atoms with Crippen LogP contribution in [-0.4, -0.2) is 30.6 Å². The zero-order chi connectivity index (χ0) is 20.5. The Labute approximate surface area is 164 Å². The van der Waals surface area contributed by atoms with E-state index in [1.165, 1.54) is 0 Å². The van der Waals surface area contributed by atoms with Crippen molar-refractivity contribution in [2.45, 2.75) is 39.2 Å². The van der Waals surface area contributed by atoms with Crippen molar-refractivity contribution in [2.75, 3.05) is 11.9 Å². The maximum Gasteiger partial charge on any atom is 0.338 e. The summed E-state index contributed by atoms with van der Waals surface area (Å²) in [5.41, 5.74) is 1.75. The number of esters is 2. The third-order valence-corrected chi connectivity index (χ3v) is 3.99. The lowest BCUT2D eigenvalue weighted by atomic mass is 9.97. The first-order valence-electron chi connectivity index (χ1n) is 9.23. The second-order valence-corrected chi connectivity index (χ2v) is 6.56. The van der Waals surface area contributed by atoms with Gasteiger partial charge in [-0.3, -0.25) is 9.59 Å². The van der Waals surface area contributed by atoms with Crippen molar-refractivity contribution in [3.05, 3.63) is 65.7 Å². The number of nitrogens with one attached hydrogen (secondary N) is 1. The van der Waals surface area contributed by atoms with E-state index in [2.05, 4.69) is 5.32 Å². The average molecular weight is 383 g/mol. The third kappa shape index (κ3) is 6.23. The summed E-state index contributed by atoms with van der Waals surface area (Å²) in [6.07, 6.45) is 0.377. The third-order valence-electron chi connectivity index (χ3n) is 3.99. The molecule has 148 valence electrons. The highest BCUT2D eigenvalue weighted by molar-refractivity contribution is 5.94. The van der Waals surface area contributed by atoms with Crippen LogP contribution in [0.25, 0.3) is 0 Å². The second kappa shape index (κ2) is 10.3. The van der Waals surface area contributed by atoms with Crippen LogP contribution < -0.4 is 5.32 Å². The van der Waals surface area contributed by atoms with Crippen LogP contribution in [0.3, 0.4) is 0 Å². The Hall–Kier alpha value is -3.15. The number of carbonyl (C=O) groups excluding carboxylic acids is 3. The van der Waals surface area contributed by atoms with Gasteiger partial charge in [-0.05, 0) is 50.1 Å². The van der Waals surface area contributed by atoms with E-state index in [1.54, 1.807) is 38.1 Å². The Balaban J connectivity index is 1.86. The van der Waals surface area contributed by atoms with Crippen LogP contribution in [0.5, 0.6) is 0 Å². The molecule has 0 aliphatic rings. The number of anilines is 1. The van der Waals surface area contributed by atoms with Gasteiger partial charge >= 0.3 is 11.9 Å². The molecular weight excluding hydrogens is 358 g/mol. The SMILES string of the molecule is CC[C@@H](C(=O)OCC(=O)Nc1ccc(C(=O)OC(C)C)cc1)c1ccccc1. The average Bonchev–Trinajstić information content (AvgIpc) is 2.68. The van der Waals surface area contributed by atoms with Crippen molar-refractivity contribution in [2.24, 2.45) is 0 Å². The van der Waals surface area contributed by atoms with Gasteiger partial charge in [-0.1, -0.05) is 37.3 Å². The predicted octanol–water partition coefficient (Wildman–Crippen LogP) is 3.93. The van der Waals surface area contributed by atoms with Crippen molar-refractivity contribution >= 4 is 23.5 Å². The fourth-order valence-electron chi connectivity index (χ4n) is 2.63. The largest absolute Gasteiger partial charge is 0.459 e. The summed E-state index contributed by atoms with van der Waals surface area (Å²) in [4.78, 5) is 36.1. The van der Waals surface area contributed by atoms with E-state index in [0.29, 0.717) is 17.7 Å². The molecule has 0 saturated heterocycles. The molecule has 0 radical (unpaired) electrons. The fraction of sp³-hybridized carbons (Fsp3) is 0.318. The molecule has 0 aliphatic carbocycles. The first-order chi connectivity index (χ1) is 13.4. The molecule has 2 aromatic carbocycles. The number of ether oxygens (including phenoxy) is 2. The van der Waals surface area contributed by atoms with E-state index in [4.69, 9.17) is 9.47 Å². The molecule has 28 heavy (non-hydrogen) atoms. The zero-order valence-corrected chi connectivity index (χ0v) is 16.3. The van der Waals surface area contributed by atoms with Crippen LogP contribution in [-0.2, 0) is 19.1 Å². The molecule has 0 aliphatic heterocycles. The van der Waals surface area contributed by atoms with Crippen LogP contribution in [0.1, 0.15) is 49.0 Å². The molecule has 6 heteroatoms. The van der Waals surface area contributed by atoms with Crippen molar-refractivity contribution in [3.8, 4) is 0 Å². The van der Waals surface area contributed by atoms with Gasteiger partial charge in [0.05, 0.1) is 17.6 Å². The molecule has 0 saturated carbocycles. The van der Waals surface area contributed by atoms with E-state index in [9.17, 15) is 14.4 Å². The quantitative estimate of drug-likeness (QED) is 0.699. The molecule has 2 rings (SSSR count). The summed E-state index contributed by atoms with van der Waals surface area (Å²) in [5, 5.41) is 2.63. The highest BCUT2D eigenvalue weighted by atomic mass is 16.5. The van der Waals surface area contributed by atoms with Crippen LogP contribution in [0, 0.1) is 0 Å². The molecule has 0 heterocycles. The number of hydrogen-bond donors (Lipinski definition) is 1. The number of carbonyl (C=O) groups is 3. The molecule has 0 aromatic heterocycles. The summed E-state index contributed by atoms with van der Waals surface area (Å²) in [6.45, 7) is 5.06. The fourth-order valence-corrected chi connectivity index (χ4v) is 2.63. The van der Waals surface area contributed by atoms with Gasteiger partial charge in [-0.2, -0.15) is 0 Å². The summed E-state index contributed by atoms with van der Waals surface area (Å²) >= 11 is 0. The summed E-state index contributed by atoms with van der Waals surface area (Å²) < 4.78 is 10.3. The molecule has 0 unspecified atom stereocenters. The summed E-state index contributed by atoms with van der Waals surface area (Å²) in [6, 6.07) is 15.6. The molecule has 6 nitrogen and oxygen atoms in total. The Morgan fingerprint density at radius 3 is 2.18 bits per heavy atom. The highest BCUT2D eigenvalue weighted by Crippen LogP contribution is 2.20. The number of amides is 1. The zero-order valence-electron chi connectivity index (χ0n) is 16.3. The van der Waals surface area contributed by atoms with E-state index in [0.717, 1.165) is 5.56 Å². The van der Waals surface area contributed by atoms with Crippen molar-refractivity contribution in [1.82, 2.24) is 0 Å². The van der Waals surface area contributed by atoms with E-state index < -0.39 is 23.8 Å². The predicted molar refractivity (Wildman–Crippen MR) is 106 cm³/mol. The summed E-state index contributed by atoms with van der Waals surface area (Å²) in [7, 11) is 0. The smallest absolute Gasteiger partial charge is 0.338 e. The Kier molecular flexibility index (Phi) is 7.75. The Morgan fingerprint density at radius 2 is 1.61 bits per heavy atom. The van der Waals surface area contributed by atoms with Gasteiger partial charge in [0.2, 0.25) is 0 Å². The maximum atomic E-state index is 12.3. The molecule has 1 N–H and O–H groups in total.